The maximum absolute atomic E-state index is 12.1. The highest BCUT2D eigenvalue weighted by Crippen LogP contribution is 2.13. The van der Waals surface area contributed by atoms with Crippen molar-refractivity contribution in [3.8, 4) is 5.75 Å². The second-order valence-corrected chi connectivity index (χ2v) is 6.05. The van der Waals surface area contributed by atoms with Gasteiger partial charge in [0.1, 0.15) is 5.75 Å². The smallest absolute Gasteiger partial charge is 0.244 e. The zero-order valence-corrected chi connectivity index (χ0v) is 15.9. The molecule has 1 amide bonds. The van der Waals surface area contributed by atoms with Crippen LogP contribution in [0.15, 0.2) is 54.6 Å². The number of benzene rings is 2. The molecule has 0 heterocycles. The Morgan fingerprint density at radius 2 is 1.69 bits per heavy atom. The van der Waals surface area contributed by atoms with E-state index in [4.69, 9.17) is 4.74 Å². The van der Waals surface area contributed by atoms with Crippen molar-refractivity contribution in [2.45, 2.75) is 26.9 Å². The zero-order valence-electron chi connectivity index (χ0n) is 15.9. The number of carbonyl (C=O) groups excluding carboxylic acids is 1. The third kappa shape index (κ3) is 6.05. The summed E-state index contributed by atoms with van der Waals surface area (Å²) in [5, 5.41) is 2.97. The molecule has 0 aliphatic heterocycles. The fraction of sp³-hybridized carbons (Fsp3) is 0.318. The predicted octanol–water partition coefficient (Wildman–Crippen LogP) is 3.87. The van der Waals surface area contributed by atoms with Crippen LogP contribution < -0.4 is 10.1 Å². The molecule has 0 aliphatic carbocycles. The molecule has 2 aromatic carbocycles. The number of hydrogen-bond donors (Lipinski definition) is 1. The topological polar surface area (TPSA) is 41.6 Å². The molecule has 0 unspecified atom stereocenters. The van der Waals surface area contributed by atoms with Crippen molar-refractivity contribution in [3.63, 3.8) is 0 Å². The average molecular weight is 352 g/mol. The van der Waals surface area contributed by atoms with E-state index < -0.39 is 0 Å². The minimum absolute atomic E-state index is 0.0986. The highest BCUT2D eigenvalue weighted by atomic mass is 16.5. The number of rotatable bonds is 9. The van der Waals surface area contributed by atoms with Crippen LogP contribution in [0.1, 0.15) is 30.5 Å². The first-order valence-corrected chi connectivity index (χ1v) is 9.05. The first-order valence-electron chi connectivity index (χ1n) is 9.05. The van der Waals surface area contributed by atoms with E-state index in [1.807, 2.05) is 36.4 Å². The normalized spacial score (nSPS) is 11.1. The lowest BCUT2D eigenvalue weighted by atomic mass is 10.1. The molecule has 0 bridgehead atoms. The zero-order chi connectivity index (χ0) is 18.8. The van der Waals surface area contributed by atoms with E-state index >= 15 is 0 Å². The van der Waals surface area contributed by atoms with Gasteiger partial charge < -0.3 is 10.1 Å². The Kier molecular flexibility index (Phi) is 7.90. The van der Waals surface area contributed by atoms with E-state index in [2.05, 4.69) is 36.2 Å². The summed E-state index contributed by atoms with van der Waals surface area (Å²) in [5.41, 5.74) is 3.38. The monoisotopic (exact) mass is 352 g/mol. The first-order chi connectivity index (χ1) is 12.7. The molecule has 2 rings (SSSR count). The van der Waals surface area contributed by atoms with E-state index in [9.17, 15) is 4.79 Å². The molecule has 138 valence electrons. The van der Waals surface area contributed by atoms with Crippen molar-refractivity contribution >= 4 is 12.0 Å². The summed E-state index contributed by atoms with van der Waals surface area (Å²) in [7, 11) is 1.64. The van der Waals surface area contributed by atoms with Crippen LogP contribution in [-0.2, 0) is 17.9 Å². The number of methoxy groups -OCH3 is 1. The largest absolute Gasteiger partial charge is 0.497 e. The predicted molar refractivity (Wildman–Crippen MR) is 107 cm³/mol. The molecule has 0 saturated heterocycles. The Labute approximate surface area is 156 Å². The quantitative estimate of drug-likeness (QED) is 0.697. The van der Waals surface area contributed by atoms with Crippen LogP contribution in [0.25, 0.3) is 6.08 Å². The van der Waals surface area contributed by atoms with Crippen LogP contribution in [0.2, 0.25) is 0 Å². The molecule has 0 spiro atoms. The number of nitrogens with zero attached hydrogens (tertiary/aromatic N) is 1. The Hall–Kier alpha value is -2.59. The SMILES string of the molecule is CCN(CC)Cc1ccccc1CNC(=O)/C=C/c1ccc(OC)cc1. The Balaban J connectivity index is 1.93. The van der Waals surface area contributed by atoms with Gasteiger partial charge in [-0.3, -0.25) is 9.69 Å². The minimum atomic E-state index is -0.0986. The third-order valence-corrected chi connectivity index (χ3v) is 4.40. The summed E-state index contributed by atoms with van der Waals surface area (Å²) in [6.07, 6.45) is 3.37. The van der Waals surface area contributed by atoms with Gasteiger partial charge in [-0.15, -0.1) is 0 Å². The lowest BCUT2D eigenvalue weighted by Crippen LogP contribution is -2.25. The minimum Gasteiger partial charge on any atom is -0.497 e. The standard InChI is InChI=1S/C22H28N2O2/c1-4-24(5-2)17-20-9-7-6-8-19(20)16-23-22(25)15-12-18-10-13-21(26-3)14-11-18/h6-15H,4-5,16-17H2,1-3H3,(H,23,25)/b15-12+. The molecule has 4 nitrogen and oxygen atoms in total. The van der Waals surface area contributed by atoms with Crippen molar-refractivity contribution in [3.05, 3.63) is 71.3 Å². The summed E-state index contributed by atoms with van der Waals surface area (Å²) in [5.74, 6) is 0.704. The molecule has 0 radical (unpaired) electrons. The molecule has 0 atom stereocenters. The van der Waals surface area contributed by atoms with Gasteiger partial charge in [-0.1, -0.05) is 50.2 Å². The van der Waals surface area contributed by atoms with Gasteiger partial charge in [0.25, 0.3) is 0 Å². The van der Waals surface area contributed by atoms with Gasteiger partial charge in [-0.25, -0.2) is 0 Å². The number of ether oxygens (including phenoxy) is 1. The maximum atomic E-state index is 12.1. The van der Waals surface area contributed by atoms with E-state index in [0.29, 0.717) is 6.54 Å². The number of nitrogens with one attached hydrogen (secondary N) is 1. The number of carbonyl (C=O) groups is 1. The van der Waals surface area contributed by atoms with Crippen molar-refractivity contribution < 1.29 is 9.53 Å². The molecule has 26 heavy (non-hydrogen) atoms. The molecule has 0 aliphatic rings. The first kappa shape index (κ1) is 19.7. The van der Waals surface area contributed by atoms with E-state index in [0.717, 1.165) is 36.5 Å². The van der Waals surface area contributed by atoms with Gasteiger partial charge >= 0.3 is 0 Å². The van der Waals surface area contributed by atoms with Crippen LogP contribution >= 0.6 is 0 Å². The molecule has 4 heteroatoms. The summed E-state index contributed by atoms with van der Waals surface area (Å²) < 4.78 is 5.13. The van der Waals surface area contributed by atoms with Crippen molar-refractivity contribution in [1.29, 1.82) is 0 Å². The van der Waals surface area contributed by atoms with Crippen molar-refractivity contribution in [1.82, 2.24) is 10.2 Å². The van der Waals surface area contributed by atoms with Crippen molar-refractivity contribution in [2.75, 3.05) is 20.2 Å². The lowest BCUT2D eigenvalue weighted by Gasteiger charge is -2.20. The number of amides is 1. The van der Waals surface area contributed by atoms with Gasteiger partial charge in [0.2, 0.25) is 5.91 Å². The summed E-state index contributed by atoms with van der Waals surface area (Å²) in [4.78, 5) is 14.5. The van der Waals surface area contributed by atoms with Gasteiger partial charge in [0.15, 0.2) is 0 Å². The fourth-order valence-electron chi connectivity index (χ4n) is 2.70. The molecule has 0 aromatic heterocycles. The molecular weight excluding hydrogens is 324 g/mol. The van der Waals surface area contributed by atoms with Gasteiger partial charge in [0, 0.05) is 19.2 Å². The van der Waals surface area contributed by atoms with Crippen LogP contribution in [-0.4, -0.2) is 31.0 Å². The Morgan fingerprint density at radius 1 is 1.04 bits per heavy atom. The average Bonchev–Trinajstić information content (AvgIpc) is 2.70. The molecule has 1 N–H and O–H groups in total. The van der Waals surface area contributed by atoms with Crippen molar-refractivity contribution in [2.24, 2.45) is 0 Å². The third-order valence-electron chi connectivity index (χ3n) is 4.40. The second kappa shape index (κ2) is 10.4. The van der Waals surface area contributed by atoms with Gasteiger partial charge in [-0.2, -0.15) is 0 Å². The molecule has 0 fully saturated rings. The molecule has 0 saturated carbocycles. The van der Waals surface area contributed by atoms with Crippen LogP contribution in [0, 0.1) is 0 Å². The second-order valence-electron chi connectivity index (χ2n) is 6.05. The molecular formula is C22H28N2O2. The summed E-state index contributed by atoms with van der Waals surface area (Å²) in [6.45, 7) is 7.79. The fourth-order valence-corrected chi connectivity index (χ4v) is 2.70. The molecule has 2 aromatic rings. The van der Waals surface area contributed by atoms with Gasteiger partial charge in [-0.05, 0) is 48.0 Å². The van der Waals surface area contributed by atoms with Crippen LogP contribution in [0.5, 0.6) is 5.75 Å². The van der Waals surface area contributed by atoms with Crippen LogP contribution in [0.4, 0.5) is 0 Å². The summed E-state index contributed by atoms with van der Waals surface area (Å²) in [6, 6.07) is 15.9. The Bertz CT molecular complexity index is 719. The number of hydrogen-bond acceptors (Lipinski definition) is 3. The van der Waals surface area contributed by atoms with E-state index in [-0.39, 0.29) is 5.91 Å². The van der Waals surface area contributed by atoms with Crippen LogP contribution in [0.3, 0.4) is 0 Å². The lowest BCUT2D eigenvalue weighted by molar-refractivity contribution is -0.116. The van der Waals surface area contributed by atoms with E-state index in [1.54, 1.807) is 19.3 Å². The van der Waals surface area contributed by atoms with E-state index in [1.165, 1.54) is 5.56 Å². The highest BCUT2D eigenvalue weighted by molar-refractivity contribution is 5.91. The van der Waals surface area contributed by atoms with Gasteiger partial charge in [0.05, 0.1) is 7.11 Å². The Morgan fingerprint density at radius 3 is 2.31 bits per heavy atom. The highest BCUT2D eigenvalue weighted by Gasteiger charge is 2.06. The summed E-state index contributed by atoms with van der Waals surface area (Å²) >= 11 is 0. The maximum Gasteiger partial charge on any atom is 0.244 e.